The first kappa shape index (κ1) is 18.8. The lowest BCUT2D eigenvalue weighted by atomic mass is 10.2. The van der Waals surface area contributed by atoms with Crippen molar-refractivity contribution >= 4 is 11.7 Å². The van der Waals surface area contributed by atoms with Gasteiger partial charge in [-0.05, 0) is 40.1 Å². The molecule has 7 heteroatoms. The standard InChI is InChI=1S/C18H24FN5O/c1-13-22-16(11-17(23-13)20-9-6-10-24(2)3)18(25)21-12-14-7-4-5-8-15(14)19/h4-5,7-8,11H,6,9-10,12H2,1-3H3,(H,21,25)(H,20,22,23). The fraction of sp³-hybridized carbons (Fsp3) is 0.389. The zero-order valence-electron chi connectivity index (χ0n) is 14.8. The lowest BCUT2D eigenvalue weighted by Gasteiger charge is -2.11. The van der Waals surface area contributed by atoms with Gasteiger partial charge in [-0.15, -0.1) is 0 Å². The summed E-state index contributed by atoms with van der Waals surface area (Å²) >= 11 is 0. The van der Waals surface area contributed by atoms with E-state index in [2.05, 4.69) is 25.5 Å². The van der Waals surface area contributed by atoms with Gasteiger partial charge in [0, 0.05) is 24.7 Å². The molecule has 0 radical (unpaired) electrons. The Morgan fingerprint density at radius 2 is 2.00 bits per heavy atom. The highest BCUT2D eigenvalue weighted by atomic mass is 19.1. The van der Waals surface area contributed by atoms with Gasteiger partial charge in [-0.25, -0.2) is 14.4 Å². The first-order valence-corrected chi connectivity index (χ1v) is 8.21. The average Bonchev–Trinajstić information content (AvgIpc) is 2.57. The molecule has 0 saturated carbocycles. The molecule has 134 valence electrons. The minimum absolute atomic E-state index is 0.111. The number of hydrogen-bond acceptors (Lipinski definition) is 5. The zero-order valence-corrected chi connectivity index (χ0v) is 14.8. The van der Waals surface area contributed by atoms with Crippen LogP contribution in [-0.4, -0.2) is 48.0 Å². The maximum atomic E-state index is 13.6. The Balaban J connectivity index is 1.96. The van der Waals surface area contributed by atoms with Crippen LogP contribution in [0.1, 0.15) is 28.3 Å². The molecule has 0 spiro atoms. The second kappa shape index (κ2) is 9.08. The van der Waals surface area contributed by atoms with Crippen LogP contribution >= 0.6 is 0 Å². The fourth-order valence-electron chi connectivity index (χ4n) is 2.29. The Hall–Kier alpha value is -2.54. The molecule has 6 nitrogen and oxygen atoms in total. The van der Waals surface area contributed by atoms with E-state index in [1.165, 1.54) is 6.07 Å². The average molecular weight is 345 g/mol. The van der Waals surface area contributed by atoms with Gasteiger partial charge in [-0.3, -0.25) is 4.79 Å². The van der Waals surface area contributed by atoms with Crippen LogP contribution in [0.15, 0.2) is 30.3 Å². The number of carbonyl (C=O) groups is 1. The number of halogens is 1. The molecule has 2 N–H and O–H groups in total. The van der Waals surface area contributed by atoms with Crippen molar-refractivity contribution in [1.29, 1.82) is 0 Å². The van der Waals surface area contributed by atoms with Crippen molar-refractivity contribution in [2.45, 2.75) is 19.9 Å². The first-order chi connectivity index (χ1) is 12.0. The molecule has 0 aliphatic heterocycles. The SMILES string of the molecule is Cc1nc(NCCCN(C)C)cc(C(=O)NCc2ccccc2F)n1. The number of aryl methyl sites for hydroxylation is 1. The Labute approximate surface area is 147 Å². The van der Waals surface area contributed by atoms with Crippen molar-refractivity contribution in [3.05, 3.63) is 53.2 Å². The van der Waals surface area contributed by atoms with Gasteiger partial charge in [0.2, 0.25) is 0 Å². The van der Waals surface area contributed by atoms with Crippen LogP contribution < -0.4 is 10.6 Å². The molecule has 25 heavy (non-hydrogen) atoms. The van der Waals surface area contributed by atoms with Gasteiger partial charge in [-0.2, -0.15) is 0 Å². The third-order valence-corrected chi connectivity index (χ3v) is 3.56. The number of nitrogens with one attached hydrogen (secondary N) is 2. The highest BCUT2D eigenvalue weighted by molar-refractivity contribution is 5.92. The second-order valence-electron chi connectivity index (χ2n) is 6.04. The summed E-state index contributed by atoms with van der Waals surface area (Å²) in [4.78, 5) is 22.8. The quantitative estimate of drug-likeness (QED) is 0.718. The largest absolute Gasteiger partial charge is 0.370 e. The number of aromatic nitrogens is 2. The minimum atomic E-state index is -0.356. The number of benzene rings is 1. The molecule has 1 aromatic carbocycles. The Morgan fingerprint density at radius 1 is 1.24 bits per heavy atom. The van der Waals surface area contributed by atoms with E-state index in [0.29, 0.717) is 17.2 Å². The molecule has 0 aliphatic rings. The van der Waals surface area contributed by atoms with Crippen LogP contribution in [0.3, 0.4) is 0 Å². The van der Waals surface area contributed by atoms with Crippen LogP contribution in [0.2, 0.25) is 0 Å². The molecule has 0 saturated heterocycles. The number of anilines is 1. The molecule has 0 aliphatic carbocycles. The molecule has 0 unspecified atom stereocenters. The maximum Gasteiger partial charge on any atom is 0.270 e. The lowest BCUT2D eigenvalue weighted by molar-refractivity contribution is 0.0945. The zero-order chi connectivity index (χ0) is 18.2. The highest BCUT2D eigenvalue weighted by Gasteiger charge is 2.11. The third kappa shape index (κ3) is 6.11. The van der Waals surface area contributed by atoms with Crippen molar-refractivity contribution in [3.63, 3.8) is 0 Å². The van der Waals surface area contributed by atoms with Gasteiger partial charge in [0.05, 0.1) is 0 Å². The van der Waals surface area contributed by atoms with Crippen molar-refractivity contribution in [2.75, 3.05) is 32.5 Å². The molecular weight excluding hydrogens is 321 g/mol. The van der Waals surface area contributed by atoms with Gasteiger partial charge in [0.1, 0.15) is 23.2 Å². The summed E-state index contributed by atoms with van der Waals surface area (Å²) in [6.07, 6.45) is 0.963. The van der Waals surface area contributed by atoms with Gasteiger partial charge >= 0.3 is 0 Å². The summed E-state index contributed by atoms with van der Waals surface area (Å²) in [5, 5.41) is 5.89. The van der Waals surface area contributed by atoms with Crippen molar-refractivity contribution in [2.24, 2.45) is 0 Å². The molecule has 1 amide bonds. The molecule has 1 aromatic heterocycles. The highest BCUT2D eigenvalue weighted by Crippen LogP contribution is 2.09. The predicted octanol–water partition coefficient (Wildman–Crippen LogP) is 2.22. The number of amides is 1. The molecular formula is C18H24FN5O. The van der Waals surface area contributed by atoms with Crippen molar-refractivity contribution < 1.29 is 9.18 Å². The van der Waals surface area contributed by atoms with E-state index in [1.54, 1.807) is 31.2 Å². The molecule has 2 aromatic rings. The summed E-state index contributed by atoms with van der Waals surface area (Å²) in [5.74, 6) is 0.422. The van der Waals surface area contributed by atoms with Crippen LogP contribution in [0.5, 0.6) is 0 Å². The number of hydrogen-bond donors (Lipinski definition) is 2. The van der Waals surface area contributed by atoms with Gasteiger partial charge in [0.25, 0.3) is 5.91 Å². The summed E-state index contributed by atoms with van der Waals surface area (Å²) < 4.78 is 13.6. The normalized spacial score (nSPS) is 10.8. The molecule has 0 fully saturated rings. The van der Waals surface area contributed by atoms with Crippen LogP contribution in [-0.2, 0) is 6.54 Å². The van der Waals surface area contributed by atoms with Crippen LogP contribution in [0.25, 0.3) is 0 Å². The van der Waals surface area contributed by atoms with Crippen molar-refractivity contribution in [1.82, 2.24) is 20.2 Å². The summed E-state index contributed by atoms with van der Waals surface area (Å²) in [7, 11) is 4.04. The number of rotatable bonds is 8. The van der Waals surface area contributed by atoms with E-state index in [0.717, 1.165) is 19.5 Å². The van der Waals surface area contributed by atoms with E-state index < -0.39 is 0 Å². The predicted molar refractivity (Wildman–Crippen MR) is 96.0 cm³/mol. The van der Waals surface area contributed by atoms with E-state index in [1.807, 2.05) is 14.1 Å². The lowest BCUT2D eigenvalue weighted by Crippen LogP contribution is -2.25. The number of nitrogens with zero attached hydrogens (tertiary/aromatic N) is 3. The molecule has 0 atom stereocenters. The summed E-state index contributed by atoms with van der Waals surface area (Å²) in [6, 6.07) is 7.96. The topological polar surface area (TPSA) is 70.2 Å². The Kier molecular flexibility index (Phi) is 6.82. The first-order valence-electron chi connectivity index (χ1n) is 8.21. The van der Waals surface area contributed by atoms with Crippen LogP contribution in [0.4, 0.5) is 10.2 Å². The second-order valence-corrected chi connectivity index (χ2v) is 6.04. The third-order valence-electron chi connectivity index (χ3n) is 3.56. The number of carbonyl (C=O) groups excluding carboxylic acids is 1. The maximum absolute atomic E-state index is 13.6. The Bertz CT molecular complexity index is 720. The van der Waals surface area contributed by atoms with E-state index >= 15 is 0 Å². The molecule has 2 rings (SSSR count). The summed E-state index contributed by atoms with van der Waals surface area (Å²) in [6.45, 7) is 3.57. The fourth-order valence-corrected chi connectivity index (χ4v) is 2.29. The van der Waals surface area contributed by atoms with E-state index in [-0.39, 0.29) is 24.0 Å². The van der Waals surface area contributed by atoms with Gasteiger partial charge in [0.15, 0.2) is 0 Å². The molecule has 0 bridgehead atoms. The summed E-state index contributed by atoms with van der Waals surface area (Å²) in [5.41, 5.74) is 0.697. The van der Waals surface area contributed by atoms with Crippen molar-refractivity contribution in [3.8, 4) is 0 Å². The smallest absolute Gasteiger partial charge is 0.270 e. The van der Waals surface area contributed by atoms with Gasteiger partial charge < -0.3 is 15.5 Å². The van der Waals surface area contributed by atoms with E-state index in [4.69, 9.17) is 0 Å². The van der Waals surface area contributed by atoms with Crippen LogP contribution in [0, 0.1) is 12.7 Å². The monoisotopic (exact) mass is 345 g/mol. The Morgan fingerprint density at radius 3 is 2.72 bits per heavy atom. The van der Waals surface area contributed by atoms with Gasteiger partial charge in [-0.1, -0.05) is 18.2 Å². The molecule has 1 heterocycles. The van der Waals surface area contributed by atoms with E-state index in [9.17, 15) is 9.18 Å². The minimum Gasteiger partial charge on any atom is -0.370 e.